The summed E-state index contributed by atoms with van der Waals surface area (Å²) in [7, 11) is 0. The van der Waals surface area contributed by atoms with Gasteiger partial charge in [-0.15, -0.1) is 0 Å². The molecule has 0 saturated carbocycles. The smallest absolute Gasteiger partial charge is 0.143 e. The van der Waals surface area contributed by atoms with E-state index in [1.54, 1.807) is 0 Å². The first-order valence-electron chi connectivity index (χ1n) is 16.9. The predicted octanol–water partition coefficient (Wildman–Crippen LogP) is 13.0. The summed E-state index contributed by atoms with van der Waals surface area (Å²) in [6.07, 6.45) is 7.93. The van der Waals surface area contributed by atoms with E-state index in [9.17, 15) is 0 Å². The molecule has 7 aromatic carbocycles. The molecule has 230 valence electrons. The molecule has 1 heterocycles. The molecule has 9 rings (SSSR count). The summed E-state index contributed by atoms with van der Waals surface area (Å²) in [5.74, 6) is 0. The van der Waals surface area contributed by atoms with Crippen molar-refractivity contribution >= 4 is 44.1 Å². The maximum Gasteiger partial charge on any atom is 0.143 e. The van der Waals surface area contributed by atoms with E-state index in [4.69, 9.17) is 4.42 Å². The minimum Gasteiger partial charge on any atom is -0.455 e. The molecular weight excluding hydrogens is 583 g/mol. The molecule has 2 heteroatoms. The Bertz CT molecular complexity index is 2420. The highest BCUT2D eigenvalue weighted by Gasteiger charge is 2.22. The summed E-state index contributed by atoms with van der Waals surface area (Å²) >= 11 is 0. The first-order valence-corrected chi connectivity index (χ1v) is 16.9. The standard InChI is InChI=1S/C46H35NO/c1-3-12-34(13-4-1)41-17-9-19-43-44-20-10-18-42(46(44)48-45(41)43)35-25-29-40(30-26-35)47(38-15-5-2-6-16-38)39-27-23-33(24-28-39)37-22-21-32-11-7-8-14-36(32)31-37/h1-5,7-14,17-31,38H,6,15-16H2. The SMILES string of the molecule is C1=CCC(N(c2ccc(-c3ccc4ccccc4c3)cc2)c2ccc(-c3cccc4c3oc3c(-c5ccccc5)cccc34)cc2)CC1. The van der Waals surface area contributed by atoms with Gasteiger partial charge in [0.25, 0.3) is 0 Å². The van der Waals surface area contributed by atoms with E-state index in [-0.39, 0.29) is 0 Å². The lowest BCUT2D eigenvalue weighted by atomic mass is 9.97. The molecule has 0 amide bonds. The highest BCUT2D eigenvalue weighted by Crippen LogP contribution is 2.41. The molecule has 1 atom stereocenters. The third-order valence-electron chi connectivity index (χ3n) is 9.90. The van der Waals surface area contributed by atoms with Gasteiger partial charge in [0.1, 0.15) is 11.2 Å². The quantitative estimate of drug-likeness (QED) is 0.173. The summed E-state index contributed by atoms with van der Waals surface area (Å²) in [6, 6.07) is 57.3. The van der Waals surface area contributed by atoms with Crippen LogP contribution < -0.4 is 4.90 Å². The minimum atomic E-state index is 0.405. The summed E-state index contributed by atoms with van der Waals surface area (Å²) in [4.78, 5) is 2.53. The second-order valence-corrected chi connectivity index (χ2v) is 12.8. The van der Waals surface area contributed by atoms with Crippen LogP contribution in [-0.2, 0) is 0 Å². The monoisotopic (exact) mass is 617 g/mol. The second kappa shape index (κ2) is 12.1. The maximum atomic E-state index is 6.72. The van der Waals surface area contributed by atoms with Crippen LogP contribution in [0.5, 0.6) is 0 Å². The van der Waals surface area contributed by atoms with Crippen molar-refractivity contribution in [1.29, 1.82) is 0 Å². The number of hydrogen-bond donors (Lipinski definition) is 0. The van der Waals surface area contributed by atoms with Crippen LogP contribution in [0.1, 0.15) is 19.3 Å². The molecule has 0 N–H and O–H groups in total. The average Bonchev–Trinajstić information content (AvgIpc) is 3.55. The van der Waals surface area contributed by atoms with Crippen molar-refractivity contribution in [2.75, 3.05) is 4.90 Å². The molecule has 0 bridgehead atoms. The molecule has 1 aliphatic rings. The van der Waals surface area contributed by atoms with Crippen LogP contribution in [0.3, 0.4) is 0 Å². The van der Waals surface area contributed by atoms with Crippen molar-refractivity contribution in [2.24, 2.45) is 0 Å². The van der Waals surface area contributed by atoms with E-state index in [1.165, 1.54) is 33.3 Å². The van der Waals surface area contributed by atoms with Crippen molar-refractivity contribution in [3.05, 3.63) is 170 Å². The van der Waals surface area contributed by atoms with Crippen LogP contribution >= 0.6 is 0 Å². The minimum absolute atomic E-state index is 0.405. The lowest BCUT2D eigenvalue weighted by Crippen LogP contribution is -2.31. The van der Waals surface area contributed by atoms with Crippen LogP contribution in [0.15, 0.2) is 174 Å². The van der Waals surface area contributed by atoms with E-state index < -0.39 is 0 Å². The number of furan rings is 1. The fraction of sp³-hybridized carbons (Fsp3) is 0.0870. The van der Waals surface area contributed by atoms with Gasteiger partial charge in [-0.1, -0.05) is 140 Å². The fourth-order valence-corrected chi connectivity index (χ4v) is 7.46. The number of nitrogens with zero attached hydrogens (tertiary/aromatic N) is 1. The number of hydrogen-bond acceptors (Lipinski definition) is 2. The van der Waals surface area contributed by atoms with Crippen LogP contribution in [0, 0.1) is 0 Å². The number of benzene rings is 7. The third kappa shape index (κ3) is 5.07. The van der Waals surface area contributed by atoms with E-state index in [2.05, 4.69) is 175 Å². The molecule has 0 radical (unpaired) electrons. The lowest BCUT2D eigenvalue weighted by Gasteiger charge is -2.35. The van der Waals surface area contributed by atoms with E-state index in [1.807, 2.05) is 0 Å². The normalized spacial score (nSPS) is 14.5. The van der Waals surface area contributed by atoms with E-state index >= 15 is 0 Å². The molecule has 1 aromatic heterocycles. The van der Waals surface area contributed by atoms with Crippen molar-refractivity contribution in [3.63, 3.8) is 0 Å². The van der Waals surface area contributed by atoms with Gasteiger partial charge < -0.3 is 9.32 Å². The Hall–Kier alpha value is -5.86. The average molecular weight is 618 g/mol. The van der Waals surface area contributed by atoms with Gasteiger partial charge in [-0.25, -0.2) is 0 Å². The number of anilines is 2. The topological polar surface area (TPSA) is 16.4 Å². The Morgan fingerprint density at radius 3 is 1.69 bits per heavy atom. The number of allylic oxidation sites excluding steroid dienone is 1. The first-order chi connectivity index (χ1) is 23.8. The Kier molecular flexibility index (Phi) is 7.13. The molecule has 48 heavy (non-hydrogen) atoms. The molecule has 0 fully saturated rings. The maximum absolute atomic E-state index is 6.72. The first kappa shape index (κ1) is 28.4. The van der Waals surface area contributed by atoms with Crippen LogP contribution in [0.4, 0.5) is 11.4 Å². The summed E-state index contributed by atoms with van der Waals surface area (Å²) in [6.45, 7) is 0. The molecule has 0 saturated heterocycles. The largest absolute Gasteiger partial charge is 0.455 e. The van der Waals surface area contributed by atoms with Crippen molar-refractivity contribution < 1.29 is 4.42 Å². The van der Waals surface area contributed by atoms with Crippen molar-refractivity contribution in [2.45, 2.75) is 25.3 Å². The van der Waals surface area contributed by atoms with Gasteiger partial charge in [0, 0.05) is 39.3 Å². The van der Waals surface area contributed by atoms with Crippen LogP contribution in [-0.4, -0.2) is 6.04 Å². The van der Waals surface area contributed by atoms with Crippen molar-refractivity contribution in [1.82, 2.24) is 0 Å². The Morgan fingerprint density at radius 1 is 0.458 bits per heavy atom. The Morgan fingerprint density at radius 2 is 1.04 bits per heavy atom. The van der Waals surface area contributed by atoms with Gasteiger partial charge in [0.2, 0.25) is 0 Å². The lowest BCUT2D eigenvalue weighted by molar-refractivity contribution is 0.591. The van der Waals surface area contributed by atoms with Crippen LogP contribution in [0.25, 0.3) is 66.1 Å². The van der Waals surface area contributed by atoms with Gasteiger partial charge in [-0.05, 0) is 82.6 Å². The summed E-state index contributed by atoms with van der Waals surface area (Å²) < 4.78 is 6.72. The van der Waals surface area contributed by atoms with Crippen LogP contribution in [0.2, 0.25) is 0 Å². The molecule has 2 nitrogen and oxygen atoms in total. The van der Waals surface area contributed by atoms with Crippen molar-refractivity contribution in [3.8, 4) is 33.4 Å². The summed E-state index contributed by atoms with van der Waals surface area (Å²) in [5.41, 5.74) is 11.3. The molecular formula is C46H35NO. The highest BCUT2D eigenvalue weighted by atomic mass is 16.3. The number of rotatable bonds is 6. The fourth-order valence-electron chi connectivity index (χ4n) is 7.46. The second-order valence-electron chi connectivity index (χ2n) is 12.8. The number of fused-ring (bicyclic) bond motifs is 4. The van der Waals surface area contributed by atoms with Gasteiger partial charge in [0.15, 0.2) is 0 Å². The Labute approximate surface area is 281 Å². The Balaban J connectivity index is 1.08. The zero-order valence-corrected chi connectivity index (χ0v) is 26.7. The van der Waals surface area contributed by atoms with Gasteiger partial charge in [-0.2, -0.15) is 0 Å². The highest BCUT2D eigenvalue weighted by molar-refractivity contribution is 6.13. The van der Waals surface area contributed by atoms with Gasteiger partial charge >= 0.3 is 0 Å². The van der Waals surface area contributed by atoms with Gasteiger partial charge in [-0.3, -0.25) is 0 Å². The number of para-hydroxylation sites is 2. The zero-order chi connectivity index (χ0) is 31.9. The predicted molar refractivity (Wildman–Crippen MR) is 203 cm³/mol. The molecule has 0 aliphatic heterocycles. The molecule has 0 spiro atoms. The zero-order valence-electron chi connectivity index (χ0n) is 26.7. The summed E-state index contributed by atoms with van der Waals surface area (Å²) in [5, 5.41) is 4.83. The van der Waals surface area contributed by atoms with E-state index in [0.717, 1.165) is 63.5 Å². The molecule has 8 aromatic rings. The molecule has 1 unspecified atom stereocenters. The molecule has 1 aliphatic carbocycles. The van der Waals surface area contributed by atoms with Gasteiger partial charge in [0.05, 0.1) is 0 Å². The third-order valence-corrected chi connectivity index (χ3v) is 9.90. The van der Waals surface area contributed by atoms with E-state index in [0.29, 0.717) is 6.04 Å².